The fourth-order valence-corrected chi connectivity index (χ4v) is 2.83. The van der Waals surface area contributed by atoms with Crippen molar-refractivity contribution in [2.24, 2.45) is 0 Å². The Morgan fingerprint density at radius 3 is 2.71 bits per heavy atom. The Balaban J connectivity index is 2.08. The number of ether oxygens (including phenoxy) is 2. The van der Waals surface area contributed by atoms with E-state index in [1.807, 2.05) is 30.5 Å². The summed E-state index contributed by atoms with van der Waals surface area (Å²) in [6.45, 7) is 2.60. The number of aryl methyl sites for hydroxylation is 1. The highest BCUT2D eigenvalue weighted by Gasteiger charge is 2.05. The first-order valence-corrected chi connectivity index (χ1v) is 6.86. The molecular weight excluding hydrogens is 300 g/mol. The number of rotatable bonds is 4. The Bertz CT molecular complexity index is 508. The molecule has 0 aliphatic carbocycles. The van der Waals surface area contributed by atoms with Crippen LogP contribution in [0.15, 0.2) is 34.1 Å². The van der Waals surface area contributed by atoms with Crippen LogP contribution in [0.2, 0.25) is 0 Å². The van der Waals surface area contributed by atoms with Crippen molar-refractivity contribution in [3.05, 3.63) is 44.6 Å². The monoisotopic (exact) mass is 312 g/mol. The Hall–Kier alpha value is -1.000. The minimum absolute atomic E-state index is 0.565. The van der Waals surface area contributed by atoms with Crippen molar-refractivity contribution in [2.75, 3.05) is 7.11 Å². The lowest BCUT2D eigenvalue weighted by Crippen LogP contribution is -1.96. The molecule has 4 heteroatoms. The highest BCUT2D eigenvalue weighted by Crippen LogP contribution is 2.29. The molecule has 0 N–H and O–H groups in total. The van der Waals surface area contributed by atoms with Gasteiger partial charge in [0.1, 0.15) is 6.61 Å². The number of hydrogen-bond acceptors (Lipinski definition) is 3. The van der Waals surface area contributed by atoms with E-state index in [1.54, 1.807) is 18.4 Å². The van der Waals surface area contributed by atoms with Gasteiger partial charge in [0.05, 0.1) is 7.11 Å². The molecule has 90 valence electrons. The predicted molar refractivity (Wildman–Crippen MR) is 74.1 cm³/mol. The predicted octanol–water partition coefficient (Wildman–Crippen LogP) is 4.41. The van der Waals surface area contributed by atoms with Gasteiger partial charge in [-0.1, -0.05) is 6.07 Å². The zero-order chi connectivity index (χ0) is 12.3. The third-order valence-electron chi connectivity index (χ3n) is 2.31. The fourth-order valence-electron chi connectivity index (χ4n) is 1.47. The van der Waals surface area contributed by atoms with Gasteiger partial charge in [0, 0.05) is 14.7 Å². The van der Waals surface area contributed by atoms with E-state index in [1.165, 1.54) is 4.88 Å². The van der Waals surface area contributed by atoms with Gasteiger partial charge in [0.25, 0.3) is 0 Å². The number of benzene rings is 1. The second kappa shape index (κ2) is 5.56. The highest BCUT2D eigenvalue weighted by molar-refractivity contribution is 9.10. The maximum absolute atomic E-state index is 5.75. The summed E-state index contributed by atoms with van der Waals surface area (Å²) in [4.78, 5) is 1.18. The fraction of sp³-hybridized carbons (Fsp3) is 0.231. The second-order valence-corrected chi connectivity index (χ2v) is 5.59. The second-order valence-electron chi connectivity index (χ2n) is 3.67. The zero-order valence-corrected chi connectivity index (χ0v) is 12.1. The van der Waals surface area contributed by atoms with Crippen molar-refractivity contribution in [2.45, 2.75) is 13.5 Å². The van der Waals surface area contributed by atoms with Crippen molar-refractivity contribution < 1.29 is 9.47 Å². The van der Waals surface area contributed by atoms with Crippen LogP contribution < -0.4 is 9.47 Å². The Morgan fingerprint density at radius 1 is 1.24 bits per heavy atom. The van der Waals surface area contributed by atoms with Gasteiger partial charge < -0.3 is 9.47 Å². The molecule has 1 aromatic carbocycles. The van der Waals surface area contributed by atoms with Crippen LogP contribution in [0.3, 0.4) is 0 Å². The van der Waals surface area contributed by atoms with Crippen LogP contribution in [0.25, 0.3) is 0 Å². The maximum atomic E-state index is 5.75. The molecule has 0 bridgehead atoms. The minimum atomic E-state index is 0.565. The van der Waals surface area contributed by atoms with Crippen LogP contribution in [0.5, 0.6) is 11.5 Å². The lowest BCUT2D eigenvalue weighted by Gasteiger charge is -2.10. The molecule has 1 heterocycles. The molecular formula is C13H13BrO2S. The van der Waals surface area contributed by atoms with Gasteiger partial charge in [0.15, 0.2) is 11.5 Å². The lowest BCUT2D eigenvalue weighted by molar-refractivity contribution is 0.287. The molecule has 2 rings (SSSR count). The number of halogens is 1. The molecule has 0 unspecified atom stereocenters. The van der Waals surface area contributed by atoms with Gasteiger partial charge in [-0.15, -0.1) is 11.3 Å². The summed E-state index contributed by atoms with van der Waals surface area (Å²) in [5.74, 6) is 1.56. The Morgan fingerprint density at radius 2 is 2.06 bits per heavy atom. The van der Waals surface area contributed by atoms with Crippen LogP contribution in [-0.2, 0) is 6.61 Å². The zero-order valence-electron chi connectivity index (χ0n) is 9.70. The molecule has 0 amide bonds. The Kier molecular flexibility index (Phi) is 4.07. The summed E-state index contributed by atoms with van der Waals surface area (Å²) in [5, 5.41) is 2.05. The first kappa shape index (κ1) is 12.5. The molecule has 0 atom stereocenters. The van der Waals surface area contributed by atoms with E-state index in [0.29, 0.717) is 6.61 Å². The maximum Gasteiger partial charge on any atom is 0.161 e. The largest absolute Gasteiger partial charge is 0.493 e. The number of methoxy groups -OCH3 is 1. The quantitative estimate of drug-likeness (QED) is 0.832. The van der Waals surface area contributed by atoms with Gasteiger partial charge >= 0.3 is 0 Å². The molecule has 0 aliphatic heterocycles. The molecule has 0 aliphatic rings. The number of thiophene rings is 1. The van der Waals surface area contributed by atoms with Gasteiger partial charge in [-0.25, -0.2) is 0 Å². The highest BCUT2D eigenvalue weighted by atomic mass is 79.9. The average molecular weight is 313 g/mol. The normalized spacial score (nSPS) is 10.3. The minimum Gasteiger partial charge on any atom is -0.493 e. The van der Waals surface area contributed by atoms with Crippen molar-refractivity contribution >= 4 is 27.3 Å². The van der Waals surface area contributed by atoms with Crippen LogP contribution in [0, 0.1) is 6.92 Å². The molecule has 0 fully saturated rings. The van der Waals surface area contributed by atoms with Crippen LogP contribution in [0.4, 0.5) is 0 Å². The lowest BCUT2D eigenvalue weighted by atomic mass is 10.2. The molecule has 0 radical (unpaired) electrons. The molecule has 2 nitrogen and oxygen atoms in total. The van der Waals surface area contributed by atoms with Crippen LogP contribution in [-0.4, -0.2) is 7.11 Å². The first-order chi connectivity index (χ1) is 8.19. The smallest absolute Gasteiger partial charge is 0.161 e. The molecule has 0 spiro atoms. The standard InChI is InChI=1S/C13H13BrO2S/c1-9-3-4-12(13(5-9)15-2)16-7-11-6-10(14)8-17-11/h3-6,8H,7H2,1-2H3. The van der Waals surface area contributed by atoms with Crippen molar-refractivity contribution in [3.63, 3.8) is 0 Å². The van der Waals surface area contributed by atoms with E-state index in [4.69, 9.17) is 9.47 Å². The summed E-state index contributed by atoms with van der Waals surface area (Å²) >= 11 is 5.10. The van der Waals surface area contributed by atoms with E-state index in [0.717, 1.165) is 21.5 Å². The Labute approximate surface area is 113 Å². The van der Waals surface area contributed by atoms with Crippen LogP contribution >= 0.6 is 27.3 Å². The van der Waals surface area contributed by atoms with E-state index in [-0.39, 0.29) is 0 Å². The summed E-state index contributed by atoms with van der Waals surface area (Å²) in [5.41, 5.74) is 1.16. The topological polar surface area (TPSA) is 18.5 Å². The van der Waals surface area contributed by atoms with Crippen LogP contribution in [0.1, 0.15) is 10.4 Å². The van der Waals surface area contributed by atoms with E-state index in [9.17, 15) is 0 Å². The summed E-state index contributed by atoms with van der Waals surface area (Å²) in [6, 6.07) is 7.99. The van der Waals surface area contributed by atoms with E-state index < -0.39 is 0 Å². The third kappa shape index (κ3) is 3.23. The molecule has 0 saturated heterocycles. The van der Waals surface area contributed by atoms with Crippen molar-refractivity contribution in [3.8, 4) is 11.5 Å². The molecule has 0 saturated carbocycles. The van der Waals surface area contributed by atoms with E-state index >= 15 is 0 Å². The summed E-state index contributed by atoms with van der Waals surface area (Å²) in [7, 11) is 1.66. The number of hydrogen-bond donors (Lipinski definition) is 0. The van der Waals surface area contributed by atoms with Crippen molar-refractivity contribution in [1.29, 1.82) is 0 Å². The molecule has 17 heavy (non-hydrogen) atoms. The SMILES string of the molecule is COc1cc(C)ccc1OCc1cc(Br)cs1. The van der Waals surface area contributed by atoms with E-state index in [2.05, 4.69) is 22.0 Å². The summed E-state index contributed by atoms with van der Waals surface area (Å²) in [6.07, 6.45) is 0. The van der Waals surface area contributed by atoms with Crippen molar-refractivity contribution in [1.82, 2.24) is 0 Å². The third-order valence-corrected chi connectivity index (χ3v) is 3.98. The molecule has 2 aromatic rings. The van der Waals surface area contributed by atoms with Gasteiger partial charge in [-0.3, -0.25) is 0 Å². The van der Waals surface area contributed by atoms with Gasteiger partial charge in [0.2, 0.25) is 0 Å². The summed E-state index contributed by atoms with van der Waals surface area (Å²) < 4.78 is 12.1. The average Bonchev–Trinajstić information content (AvgIpc) is 2.73. The first-order valence-electron chi connectivity index (χ1n) is 5.19. The molecule has 1 aromatic heterocycles. The van der Waals surface area contributed by atoms with Gasteiger partial charge in [-0.05, 0) is 46.6 Å². The van der Waals surface area contributed by atoms with Gasteiger partial charge in [-0.2, -0.15) is 0 Å².